The van der Waals surface area contributed by atoms with Crippen LogP contribution in [0.1, 0.15) is 36.5 Å². The van der Waals surface area contributed by atoms with Gasteiger partial charge in [0.25, 0.3) is 5.91 Å². The number of hydrogen-bond donors (Lipinski definition) is 1. The van der Waals surface area contributed by atoms with Gasteiger partial charge < -0.3 is 10.1 Å². The number of aromatic nitrogens is 3. The van der Waals surface area contributed by atoms with E-state index in [2.05, 4.69) is 5.32 Å². The van der Waals surface area contributed by atoms with Crippen LogP contribution in [0.3, 0.4) is 0 Å². The average molecular weight is 471 g/mol. The van der Waals surface area contributed by atoms with Crippen LogP contribution in [0.5, 0.6) is 0 Å². The van der Waals surface area contributed by atoms with Gasteiger partial charge in [-0.3, -0.25) is 18.7 Å². The van der Waals surface area contributed by atoms with Crippen molar-refractivity contribution in [1.82, 2.24) is 19.0 Å². The minimum Gasteiger partial charge on any atom is -0.466 e. The molecule has 12 heteroatoms. The van der Waals surface area contributed by atoms with Crippen molar-refractivity contribution in [2.45, 2.75) is 31.7 Å². The molecule has 0 saturated heterocycles. The van der Waals surface area contributed by atoms with E-state index in [1.54, 1.807) is 6.92 Å². The Morgan fingerprint density at radius 2 is 1.81 bits per heavy atom. The fraction of sp³-hybridized carbons (Fsp3) is 0.421. The number of nitrogens with zero attached hydrogens (tertiary/aromatic N) is 3. The Morgan fingerprint density at radius 1 is 1.23 bits per heavy atom. The summed E-state index contributed by atoms with van der Waals surface area (Å²) in [5.74, 6) is -2.08. The van der Waals surface area contributed by atoms with Gasteiger partial charge in [0, 0.05) is 14.1 Å². The molecule has 0 spiro atoms. The molecule has 1 aromatic carbocycles. The molecule has 1 heterocycles. The SMILES string of the molecule is CCOC(=O)CC1(NC(=O)c2cc(-n3c(=O)n(C)c(=S)n(C)c3=O)c(F)cc2Cl)CC1. The van der Waals surface area contributed by atoms with E-state index in [0.29, 0.717) is 17.4 Å². The zero-order valence-corrected chi connectivity index (χ0v) is 18.6. The molecule has 31 heavy (non-hydrogen) atoms. The van der Waals surface area contributed by atoms with Crippen molar-refractivity contribution in [3.05, 3.63) is 54.3 Å². The molecule has 1 amide bonds. The fourth-order valence-corrected chi connectivity index (χ4v) is 3.55. The monoisotopic (exact) mass is 470 g/mol. The number of nitrogens with one attached hydrogen (secondary N) is 1. The Bertz CT molecular complexity index is 1220. The van der Waals surface area contributed by atoms with Gasteiger partial charge in [0.2, 0.25) is 0 Å². The van der Waals surface area contributed by atoms with Gasteiger partial charge in [0.05, 0.1) is 34.8 Å². The molecule has 3 rings (SSSR count). The Morgan fingerprint density at radius 3 is 2.32 bits per heavy atom. The first-order chi connectivity index (χ1) is 14.5. The molecule has 1 fully saturated rings. The smallest absolute Gasteiger partial charge is 0.338 e. The molecule has 166 valence electrons. The highest BCUT2D eigenvalue weighted by Gasteiger charge is 2.46. The van der Waals surface area contributed by atoms with E-state index in [1.165, 1.54) is 14.1 Å². The van der Waals surface area contributed by atoms with Crippen LogP contribution in [-0.4, -0.2) is 37.7 Å². The van der Waals surface area contributed by atoms with Gasteiger partial charge in [-0.15, -0.1) is 0 Å². The maximum Gasteiger partial charge on any atom is 0.338 e. The molecule has 0 aliphatic heterocycles. The van der Waals surface area contributed by atoms with Gasteiger partial charge in [-0.1, -0.05) is 11.6 Å². The molecule has 1 saturated carbocycles. The number of esters is 1. The van der Waals surface area contributed by atoms with Gasteiger partial charge >= 0.3 is 17.3 Å². The van der Waals surface area contributed by atoms with Crippen molar-refractivity contribution >= 4 is 35.7 Å². The van der Waals surface area contributed by atoms with E-state index in [0.717, 1.165) is 21.3 Å². The molecular weight excluding hydrogens is 451 g/mol. The highest BCUT2D eigenvalue weighted by Crippen LogP contribution is 2.39. The molecule has 1 aliphatic rings. The van der Waals surface area contributed by atoms with E-state index in [4.69, 9.17) is 28.6 Å². The first-order valence-electron chi connectivity index (χ1n) is 9.38. The minimum absolute atomic E-state index is 0.00557. The van der Waals surface area contributed by atoms with E-state index in [-0.39, 0.29) is 28.4 Å². The summed E-state index contributed by atoms with van der Waals surface area (Å²) in [6.07, 6.45) is 1.13. The summed E-state index contributed by atoms with van der Waals surface area (Å²) < 4.78 is 22.1. The molecule has 0 bridgehead atoms. The molecule has 2 aromatic rings. The van der Waals surface area contributed by atoms with Gasteiger partial charge in [0.1, 0.15) is 5.82 Å². The summed E-state index contributed by atoms with van der Waals surface area (Å²) in [7, 11) is 2.68. The van der Waals surface area contributed by atoms with Crippen LogP contribution >= 0.6 is 23.8 Å². The third kappa shape index (κ3) is 4.33. The average Bonchev–Trinajstić information content (AvgIpc) is 3.45. The van der Waals surface area contributed by atoms with Crippen molar-refractivity contribution in [3.8, 4) is 5.69 Å². The molecule has 9 nitrogen and oxygen atoms in total. The second-order valence-electron chi connectivity index (χ2n) is 7.30. The molecule has 0 atom stereocenters. The minimum atomic E-state index is -0.967. The number of carbonyl (C=O) groups excluding carboxylic acids is 2. The number of halogens is 2. The Balaban J connectivity index is 2.03. The summed E-state index contributed by atoms with van der Waals surface area (Å²) >= 11 is 11.1. The van der Waals surface area contributed by atoms with Crippen molar-refractivity contribution in [2.24, 2.45) is 14.1 Å². The topological polar surface area (TPSA) is 104 Å². The molecule has 0 radical (unpaired) electrons. The number of ether oxygens (including phenoxy) is 1. The van der Waals surface area contributed by atoms with Crippen molar-refractivity contribution in [3.63, 3.8) is 0 Å². The van der Waals surface area contributed by atoms with E-state index in [9.17, 15) is 23.6 Å². The number of amides is 1. The van der Waals surface area contributed by atoms with E-state index in [1.807, 2.05) is 0 Å². The van der Waals surface area contributed by atoms with Crippen LogP contribution in [-0.2, 0) is 23.6 Å². The summed E-state index contributed by atoms with van der Waals surface area (Å²) in [5, 5.41) is 2.53. The summed E-state index contributed by atoms with van der Waals surface area (Å²) in [4.78, 5) is 49.8. The largest absolute Gasteiger partial charge is 0.466 e. The molecule has 1 aliphatic carbocycles. The highest BCUT2D eigenvalue weighted by molar-refractivity contribution is 7.71. The first kappa shape index (κ1) is 22.9. The third-order valence-electron chi connectivity index (χ3n) is 5.07. The zero-order valence-electron chi connectivity index (χ0n) is 17.0. The van der Waals surface area contributed by atoms with Crippen LogP contribution in [0.2, 0.25) is 5.02 Å². The van der Waals surface area contributed by atoms with Gasteiger partial charge in [-0.25, -0.2) is 18.5 Å². The zero-order chi connectivity index (χ0) is 23.1. The Kier molecular flexibility index (Phi) is 6.19. The quantitative estimate of drug-likeness (QED) is 0.508. The normalized spacial score (nSPS) is 14.2. The second kappa shape index (κ2) is 8.39. The van der Waals surface area contributed by atoms with Crippen LogP contribution in [0.4, 0.5) is 4.39 Å². The third-order valence-corrected chi connectivity index (χ3v) is 5.93. The van der Waals surface area contributed by atoms with Crippen molar-refractivity contribution in [1.29, 1.82) is 0 Å². The lowest BCUT2D eigenvalue weighted by molar-refractivity contribution is -0.143. The Hall–Kier alpha value is -2.79. The lowest BCUT2D eigenvalue weighted by atomic mass is 10.1. The second-order valence-corrected chi connectivity index (χ2v) is 8.07. The molecule has 1 aromatic heterocycles. The van der Waals surface area contributed by atoms with Crippen LogP contribution < -0.4 is 16.7 Å². The number of hydrogen-bond acceptors (Lipinski definition) is 6. The predicted octanol–water partition coefficient (Wildman–Crippen LogP) is 1.61. The number of carbonyl (C=O) groups is 2. The van der Waals surface area contributed by atoms with Crippen LogP contribution in [0, 0.1) is 10.6 Å². The highest BCUT2D eigenvalue weighted by atomic mass is 35.5. The van der Waals surface area contributed by atoms with Crippen LogP contribution in [0.25, 0.3) is 5.69 Å². The van der Waals surface area contributed by atoms with Gasteiger partial charge in [0.15, 0.2) is 4.77 Å². The van der Waals surface area contributed by atoms with Gasteiger partial charge in [-0.05, 0) is 44.1 Å². The van der Waals surface area contributed by atoms with E-state index < -0.39 is 40.3 Å². The lowest BCUT2D eigenvalue weighted by Gasteiger charge is -2.18. The first-order valence-corrected chi connectivity index (χ1v) is 10.2. The summed E-state index contributed by atoms with van der Waals surface area (Å²) in [5.41, 5.74) is -3.10. The summed E-state index contributed by atoms with van der Waals surface area (Å²) in [6, 6.07) is 1.88. The van der Waals surface area contributed by atoms with Gasteiger partial charge in [-0.2, -0.15) is 0 Å². The lowest BCUT2D eigenvalue weighted by Crippen LogP contribution is -2.44. The maximum atomic E-state index is 14.7. The molecule has 1 N–H and O–H groups in total. The fourth-order valence-electron chi connectivity index (χ4n) is 3.15. The van der Waals surface area contributed by atoms with Crippen molar-refractivity contribution in [2.75, 3.05) is 6.61 Å². The standard InChI is InChI=1S/C19H20ClFN4O5S/c1-4-30-14(26)9-19(5-6-19)22-15(27)10-7-13(12(21)8-11(10)20)25-16(28)23(2)18(31)24(3)17(25)29/h7-8H,4-6,9H2,1-3H3,(H,22,27). The number of rotatable bonds is 6. The van der Waals surface area contributed by atoms with E-state index >= 15 is 0 Å². The Labute approximate surface area is 186 Å². The van der Waals surface area contributed by atoms with Crippen molar-refractivity contribution < 1.29 is 18.7 Å². The molecular formula is C19H20ClFN4O5S. The summed E-state index contributed by atoms with van der Waals surface area (Å²) in [6.45, 7) is 1.90. The maximum absolute atomic E-state index is 14.7. The molecule has 0 unspecified atom stereocenters. The van der Waals surface area contributed by atoms with Crippen LogP contribution in [0.15, 0.2) is 21.7 Å². The predicted molar refractivity (Wildman–Crippen MR) is 113 cm³/mol. The number of benzene rings is 1.